The van der Waals surface area contributed by atoms with Crippen LogP contribution in [-0.4, -0.2) is 41.6 Å². The van der Waals surface area contributed by atoms with Gasteiger partial charge < -0.3 is 14.6 Å². The smallest absolute Gasteiger partial charge is 0.247 e. The summed E-state index contributed by atoms with van der Waals surface area (Å²) in [7, 11) is 0. The summed E-state index contributed by atoms with van der Waals surface area (Å²) < 4.78 is 7.97. The number of likely N-dealkylation sites (tertiary alicyclic amines) is 1. The van der Waals surface area contributed by atoms with Crippen LogP contribution in [0.15, 0.2) is 48.8 Å². The van der Waals surface area contributed by atoms with Crippen molar-refractivity contribution in [1.29, 1.82) is 0 Å². The predicted octanol–water partition coefficient (Wildman–Crippen LogP) is 4.61. The number of nitrogens with one attached hydrogen (secondary N) is 1. The Kier molecular flexibility index (Phi) is 8.87. The van der Waals surface area contributed by atoms with E-state index in [0.717, 1.165) is 31.1 Å². The van der Waals surface area contributed by atoms with E-state index in [0.29, 0.717) is 6.61 Å². The van der Waals surface area contributed by atoms with Gasteiger partial charge in [-0.2, -0.15) is 0 Å². The minimum absolute atomic E-state index is 0. The SMILES string of the molecule is CC(C)[C@H](C(=O)Nc1ccccc1OCCN1CCCCC1)n1cccc1.Cl. The van der Waals surface area contributed by atoms with Crippen molar-refractivity contribution in [1.82, 2.24) is 9.47 Å². The first-order chi connectivity index (χ1) is 13.1. The van der Waals surface area contributed by atoms with Crippen molar-refractivity contribution >= 4 is 24.0 Å². The predicted molar refractivity (Wildman–Crippen MR) is 116 cm³/mol. The third-order valence-electron chi connectivity index (χ3n) is 5.11. The summed E-state index contributed by atoms with van der Waals surface area (Å²) in [5.41, 5.74) is 0.735. The molecule has 1 amide bonds. The van der Waals surface area contributed by atoms with E-state index in [1.165, 1.54) is 19.3 Å². The summed E-state index contributed by atoms with van der Waals surface area (Å²) in [6.45, 7) is 8.01. The monoisotopic (exact) mass is 405 g/mol. The van der Waals surface area contributed by atoms with Crippen LogP contribution in [0, 0.1) is 5.92 Å². The number of carbonyl (C=O) groups excluding carboxylic acids is 1. The van der Waals surface area contributed by atoms with E-state index in [2.05, 4.69) is 24.1 Å². The minimum atomic E-state index is -0.249. The standard InChI is InChI=1S/C22H31N3O2.ClH/c1-18(2)21(25-14-8-9-15-25)22(26)23-19-10-4-5-11-20(19)27-17-16-24-12-6-3-7-13-24;/h4-5,8-11,14-15,18,21H,3,6-7,12-13,16-17H2,1-2H3,(H,23,26);1H/t21-;/m1./s1. The van der Waals surface area contributed by atoms with E-state index in [1.807, 2.05) is 53.4 Å². The molecule has 0 saturated carbocycles. The van der Waals surface area contributed by atoms with Crippen LogP contribution in [0.2, 0.25) is 0 Å². The van der Waals surface area contributed by atoms with Crippen LogP contribution in [0.25, 0.3) is 0 Å². The van der Waals surface area contributed by atoms with Crippen LogP contribution < -0.4 is 10.1 Å². The number of anilines is 1. The molecule has 1 aliphatic heterocycles. The number of amides is 1. The lowest BCUT2D eigenvalue weighted by Gasteiger charge is -2.26. The second-order valence-corrected chi connectivity index (χ2v) is 7.56. The number of nitrogens with zero attached hydrogens (tertiary/aromatic N) is 2. The molecule has 154 valence electrons. The highest BCUT2D eigenvalue weighted by molar-refractivity contribution is 5.95. The molecule has 0 unspecified atom stereocenters. The van der Waals surface area contributed by atoms with Crippen molar-refractivity contribution < 1.29 is 9.53 Å². The van der Waals surface area contributed by atoms with E-state index in [1.54, 1.807) is 0 Å². The summed E-state index contributed by atoms with van der Waals surface area (Å²) in [5.74, 6) is 0.899. The maximum Gasteiger partial charge on any atom is 0.247 e. The Morgan fingerprint density at radius 2 is 1.75 bits per heavy atom. The molecule has 28 heavy (non-hydrogen) atoms. The maximum atomic E-state index is 12.9. The average Bonchev–Trinajstić information content (AvgIpc) is 3.18. The topological polar surface area (TPSA) is 46.5 Å². The Balaban J connectivity index is 0.00000280. The van der Waals surface area contributed by atoms with Gasteiger partial charge in [-0.05, 0) is 56.1 Å². The Morgan fingerprint density at radius 1 is 1.07 bits per heavy atom. The molecule has 2 aromatic rings. The van der Waals surface area contributed by atoms with Crippen LogP contribution in [0.1, 0.15) is 39.2 Å². The summed E-state index contributed by atoms with van der Waals surface area (Å²) in [6, 6.07) is 11.3. The van der Waals surface area contributed by atoms with E-state index >= 15 is 0 Å². The lowest BCUT2D eigenvalue weighted by Crippen LogP contribution is -2.33. The van der Waals surface area contributed by atoms with Crippen molar-refractivity contribution in [2.24, 2.45) is 5.92 Å². The Morgan fingerprint density at radius 3 is 2.43 bits per heavy atom. The van der Waals surface area contributed by atoms with E-state index < -0.39 is 0 Å². The van der Waals surface area contributed by atoms with Gasteiger partial charge in [0, 0.05) is 18.9 Å². The van der Waals surface area contributed by atoms with Crippen molar-refractivity contribution in [3.05, 3.63) is 48.8 Å². The van der Waals surface area contributed by atoms with Gasteiger partial charge >= 0.3 is 0 Å². The highest BCUT2D eigenvalue weighted by atomic mass is 35.5. The van der Waals surface area contributed by atoms with E-state index in [4.69, 9.17) is 4.74 Å². The molecule has 0 bridgehead atoms. The molecule has 0 aliphatic carbocycles. The maximum absolute atomic E-state index is 12.9. The third-order valence-corrected chi connectivity index (χ3v) is 5.11. The zero-order valence-electron chi connectivity index (χ0n) is 16.8. The Labute approximate surface area is 174 Å². The van der Waals surface area contributed by atoms with Crippen molar-refractivity contribution in [2.45, 2.75) is 39.2 Å². The molecule has 1 saturated heterocycles. The normalized spacial score (nSPS) is 15.7. The molecule has 2 heterocycles. The van der Waals surface area contributed by atoms with Crippen molar-refractivity contribution in [3.8, 4) is 5.75 Å². The van der Waals surface area contributed by atoms with Crippen LogP contribution >= 0.6 is 12.4 Å². The molecule has 6 heteroatoms. The van der Waals surface area contributed by atoms with Gasteiger partial charge in [-0.15, -0.1) is 12.4 Å². The molecule has 1 N–H and O–H groups in total. The van der Waals surface area contributed by atoms with Crippen molar-refractivity contribution in [2.75, 3.05) is 31.6 Å². The first kappa shape index (κ1) is 22.3. The van der Waals surface area contributed by atoms with Gasteiger partial charge in [0.25, 0.3) is 0 Å². The van der Waals surface area contributed by atoms with Gasteiger partial charge in [-0.1, -0.05) is 32.4 Å². The molecular formula is C22H32ClN3O2. The van der Waals surface area contributed by atoms with Gasteiger partial charge in [0.15, 0.2) is 0 Å². The van der Waals surface area contributed by atoms with Gasteiger partial charge in [-0.25, -0.2) is 0 Å². The second kappa shape index (κ2) is 11.1. The average molecular weight is 406 g/mol. The van der Waals surface area contributed by atoms with E-state index in [9.17, 15) is 4.79 Å². The number of para-hydroxylation sites is 2. The molecule has 1 atom stereocenters. The number of benzene rings is 1. The summed E-state index contributed by atoms with van der Waals surface area (Å²) in [5, 5.41) is 3.07. The molecule has 3 rings (SSSR count). The minimum Gasteiger partial charge on any atom is -0.490 e. The number of halogens is 1. The first-order valence-corrected chi connectivity index (χ1v) is 10.0. The fourth-order valence-electron chi connectivity index (χ4n) is 3.69. The molecule has 5 nitrogen and oxygen atoms in total. The Bertz CT molecular complexity index is 712. The van der Waals surface area contributed by atoms with Gasteiger partial charge in [-0.3, -0.25) is 9.69 Å². The largest absolute Gasteiger partial charge is 0.490 e. The number of carbonyl (C=O) groups is 1. The molecule has 1 fully saturated rings. The number of ether oxygens (including phenoxy) is 1. The summed E-state index contributed by atoms with van der Waals surface area (Å²) in [6.07, 6.45) is 7.77. The number of piperidine rings is 1. The molecule has 0 radical (unpaired) electrons. The Hall–Kier alpha value is -1.98. The molecule has 1 aliphatic rings. The van der Waals surface area contributed by atoms with Crippen LogP contribution in [0.3, 0.4) is 0 Å². The zero-order chi connectivity index (χ0) is 19.1. The van der Waals surface area contributed by atoms with Gasteiger partial charge in [0.2, 0.25) is 5.91 Å². The van der Waals surface area contributed by atoms with Gasteiger partial charge in [0.05, 0.1) is 5.69 Å². The lowest BCUT2D eigenvalue weighted by atomic mass is 10.0. The van der Waals surface area contributed by atoms with Crippen molar-refractivity contribution in [3.63, 3.8) is 0 Å². The lowest BCUT2D eigenvalue weighted by molar-refractivity contribution is -0.120. The van der Waals surface area contributed by atoms with Gasteiger partial charge in [0.1, 0.15) is 18.4 Å². The molecular weight excluding hydrogens is 374 g/mol. The van der Waals surface area contributed by atoms with Crippen LogP contribution in [-0.2, 0) is 4.79 Å². The van der Waals surface area contributed by atoms with Crippen LogP contribution in [0.5, 0.6) is 5.75 Å². The molecule has 1 aromatic carbocycles. The highest BCUT2D eigenvalue weighted by Crippen LogP contribution is 2.27. The number of aromatic nitrogens is 1. The second-order valence-electron chi connectivity index (χ2n) is 7.56. The fourth-order valence-corrected chi connectivity index (χ4v) is 3.69. The number of rotatable bonds is 8. The number of hydrogen-bond donors (Lipinski definition) is 1. The first-order valence-electron chi connectivity index (χ1n) is 10.0. The molecule has 1 aromatic heterocycles. The zero-order valence-corrected chi connectivity index (χ0v) is 17.7. The number of hydrogen-bond acceptors (Lipinski definition) is 3. The summed E-state index contributed by atoms with van der Waals surface area (Å²) in [4.78, 5) is 15.4. The highest BCUT2D eigenvalue weighted by Gasteiger charge is 2.24. The summed E-state index contributed by atoms with van der Waals surface area (Å²) >= 11 is 0. The van der Waals surface area contributed by atoms with E-state index in [-0.39, 0.29) is 30.3 Å². The molecule has 0 spiro atoms. The third kappa shape index (κ3) is 6.01. The van der Waals surface area contributed by atoms with Crippen LogP contribution in [0.4, 0.5) is 5.69 Å². The quantitative estimate of drug-likeness (QED) is 0.697. The fraction of sp³-hybridized carbons (Fsp3) is 0.500.